The summed E-state index contributed by atoms with van der Waals surface area (Å²) in [5.41, 5.74) is 1.29. The Morgan fingerprint density at radius 3 is 2.37 bits per heavy atom. The molecule has 0 aliphatic heterocycles. The van der Waals surface area contributed by atoms with Crippen molar-refractivity contribution in [1.82, 2.24) is 5.32 Å². The fourth-order valence-corrected chi connectivity index (χ4v) is 2.27. The maximum absolute atomic E-state index is 5.35. The highest BCUT2D eigenvalue weighted by Crippen LogP contribution is 2.28. The van der Waals surface area contributed by atoms with Crippen LogP contribution in [0.4, 0.5) is 0 Å². The SMILES string of the molecule is CCCNC(CCC)Cc1ccc(OC)c(OC)c1. The molecular weight excluding hydrogens is 238 g/mol. The lowest BCUT2D eigenvalue weighted by atomic mass is 10.0. The first kappa shape index (κ1) is 15.8. The average molecular weight is 265 g/mol. The van der Waals surface area contributed by atoms with Gasteiger partial charge in [-0.1, -0.05) is 26.3 Å². The van der Waals surface area contributed by atoms with Crippen LogP contribution in [-0.2, 0) is 6.42 Å². The Balaban J connectivity index is 2.72. The number of nitrogens with one attached hydrogen (secondary N) is 1. The van der Waals surface area contributed by atoms with Crippen molar-refractivity contribution in [3.63, 3.8) is 0 Å². The summed E-state index contributed by atoms with van der Waals surface area (Å²) < 4.78 is 10.6. The van der Waals surface area contributed by atoms with Gasteiger partial charge in [0.05, 0.1) is 14.2 Å². The first-order chi connectivity index (χ1) is 9.24. The average Bonchev–Trinajstić information content (AvgIpc) is 2.44. The molecule has 0 radical (unpaired) electrons. The number of hydrogen-bond acceptors (Lipinski definition) is 3. The van der Waals surface area contributed by atoms with Crippen LogP contribution < -0.4 is 14.8 Å². The second-order valence-electron chi connectivity index (χ2n) is 4.83. The van der Waals surface area contributed by atoms with E-state index in [1.807, 2.05) is 6.07 Å². The van der Waals surface area contributed by atoms with E-state index < -0.39 is 0 Å². The summed E-state index contributed by atoms with van der Waals surface area (Å²) in [7, 11) is 3.35. The van der Waals surface area contributed by atoms with Crippen molar-refractivity contribution in [2.75, 3.05) is 20.8 Å². The van der Waals surface area contributed by atoms with Crippen molar-refractivity contribution in [2.45, 2.75) is 45.6 Å². The maximum Gasteiger partial charge on any atom is 0.160 e. The minimum Gasteiger partial charge on any atom is -0.493 e. The smallest absolute Gasteiger partial charge is 0.160 e. The van der Waals surface area contributed by atoms with Crippen LogP contribution in [0.5, 0.6) is 11.5 Å². The predicted octanol–water partition coefficient (Wildman–Crippen LogP) is 3.41. The summed E-state index contributed by atoms with van der Waals surface area (Å²) in [6, 6.07) is 6.73. The van der Waals surface area contributed by atoms with Gasteiger partial charge in [-0.25, -0.2) is 0 Å². The van der Waals surface area contributed by atoms with Crippen LogP contribution in [0.25, 0.3) is 0 Å². The van der Waals surface area contributed by atoms with Crippen molar-refractivity contribution in [2.24, 2.45) is 0 Å². The first-order valence-corrected chi connectivity index (χ1v) is 7.19. The summed E-state index contributed by atoms with van der Waals surface area (Å²) in [5, 5.41) is 3.61. The molecule has 0 saturated heterocycles. The fourth-order valence-electron chi connectivity index (χ4n) is 2.27. The predicted molar refractivity (Wildman–Crippen MR) is 80.2 cm³/mol. The van der Waals surface area contributed by atoms with Crippen molar-refractivity contribution >= 4 is 0 Å². The summed E-state index contributed by atoms with van der Waals surface area (Å²) in [6.45, 7) is 5.51. The Bertz CT molecular complexity index is 366. The standard InChI is InChI=1S/C16H27NO2/c1-5-7-14(17-10-6-2)11-13-8-9-15(18-3)16(12-13)19-4/h8-9,12,14,17H,5-7,10-11H2,1-4H3. The van der Waals surface area contributed by atoms with E-state index >= 15 is 0 Å². The van der Waals surface area contributed by atoms with E-state index in [4.69, 9.17) is 9.47 Å². The molecule has 1 unspecified atom stereocenters. The third-order valence-electron chi connectivity index (χ3n) is 3.25. The highest BCUT2D eigenvalue weighted by molar-refractivity contribution is 5.43. The molecule has 1 aromatic carbocycles. The topological polar surface area (TPSA) is 30.5 Å². The molecule has 1 rings (SSSR count). The molecule has 0 heterocycles. The number of methoxy groups -OCH3 is 2. The Morgan fingerprint density at radius 2 is 1.79 bits per heavy atom. The van der Waals surface area contributed by atoms with Gasteiger partial charge in [0.2, 0.25) is 0 Å². The molecule has 0 bridgehead atoms. The molecule has 0 amide bonds. The summed E-state index contributed by atoms with van der Waals surface area (Å²) in [6.07, 6.45) is 4.61. The first-order valence-electron chi connectivity index (χ1n) is 7.19. The zero-order valence-corrected chi connectivity index (χ0v) is 12.7. The molecule has 0 aromatic heterocycles. The van der Waals surface area contributed by atoms with Gasteiger partial charge in [-0.15, -0.1) is 0 Å². The van der Waals surface area contributed by atoms with Gasteiger partial charge in [0.15, 0.2) is 11.5 Å². The van der Waals surface area contributed by atoms with Gasteiger partial charge in [0.25, 0.3) is 0 Å². The Labute approximate surface area is 117 Å². The molecule has 108 valence electrons. The van der Waals surface area contributed by atoms with Crippen molar-refractivity contribution in [3.05, 3.63) is 23.8 Å². The molecule has 3 heteroatoms. The normalized spacial score (nSPS) is 12.2. The monoisotopic (exact) mass is 265 g/mol. The van der Waals surface area contributed by atoms with Crippen LogP contribution in [0, 0.1) is 0 Å². The second kappa shape index (κ2) is 8.81. The largest absolute Gasteiger partial charge is 0.493 e. The lowest BCUT2D eigenvalue weighted by Crippen LogP contribution is -2.31. The van der Waals surface area contributed by atoms with Crippen molar-refractivity contribution in [1.29, 1.82) is 0 Å². The molecule has 0 aliphatic rings. The van der Waals surface area contributed by atoms with Crippen LogP contribution in [-0.4, -0.2) is 26.8 Å². The summed E-state index contributed by atoms with van der Waals surface area (Å²) >= 11 is 0. The molecule has 0 aliphatic carbocycles. The number of ether oxygens (including phenoxy) is 2. The van der Waals surface area contributed by atoms with E-state index in [1.165, 1.54) is 24.8 Å². The molecule has 1 aromatic rings. The van der Waals surface area contributed by atoms with Crippen LogP contribution in [0.2, 0.25) is 0 Å². The molecule has 3 nitrogen and oxygen atoms in total. The summed E-state index contributed by atoms with van der Waals surface area (Å²) in [4.78, 5) is 0. The van der Waals surface area contributed by atoms with E-state index in [0.717, 1.165) is 24.5 Å². The minimum atomic E-state index is 0.544. The Morgan fingerprint density at radius 1 is 1.05 bits per heavy atom. The molecule has 0 saturated carbocycles. The Hall–Kier alpha value is -1.22. The van der Waals surface area contributed by atoms with Gasteiger partial charge in [-0.05, 0) is 43.5 Å². The molecule has 0 fully saturated rings. The highest BCUT2D eigenvalue weighted by Gasteiger charge is 2.10. The van der Waals surface area contributed by atoms with Gasteiger partial charge < -0.3 is 14.8 Å². The number of benzene rings is 1. The van der Waals surface area contributed by atoms with Gasteiger partial charge in [-0.3, -0.25) is 0 Å². The van der Waals surface area contributed by atoms with Gasteiger partial charge in [0, 0.05) is 6.04 Å². The van der Waals surface area contributed by atoms with E-state index in [2.05, 4.69) is 31.3 Å². The third-order valence-corrected chi connectivity index (χ3v) is 3.25. The molecule has 0 spiro atoms. The molecular formula is C16H27NO2. The van der Waals surface area contributed by atoms with E-state index in [0.29, 0.717) is 6.04 Å². The van der Waals surface area contributed by atoms with E-state index in [1.54, 1.807) is 14.2 Å². The quantitative estimate of drug-likeness (QED) is 0.742. The lowest BCUT2D eigenvalue weighted by molar-refractivity contribution is 0.354. The van der Waals surface area contributed by atoms with Gasteiger partial charge in [-0.2, -0.15) is 0 Å². The highest BCUT2D eigenvalue weighted by atomic mass is 16.5. The molecule has 19 heavy (non-hydrogen) atoms. The van der Waals surface area contributed by atoms with Crippen LogP contribution in [0.1, 0.15) is 38.7 Å². The van der Waals surface area contributed by atoms with E-state index in [9.17, 15) is 0 Å². The Kier molecular flexibility index (Phi) is 7.34. The molecule has 1 atom stereocenters. The van der Waals surface area contributed by atoms with Crippen LogP contribution >= 0.6 is 0 Å². The summed E-state index contributed by atoms with van der Waals surface area (Å²) in [5.74, 6) is 1.60. The zero-order valence-electron chi connectivity index (χ0n) is 12.7. The van der Waals surface area contributed by atoms with Gasteiger partial charge in [0.1, 0.15) is 0 Å². The molecule has 1 N–H and O–H groups in total. The minimum absolute atomic E-state index is 0.544. The van der Waals surface area contributed by atoms with Crippen LogP contribution in [0.3, 0.4) is 0 Å². The zero-order chi connectivity index (χ0) is 14.1. The van der Waals surface area contributed by atoms with Crippen LogP contribution in [0.15, 0.2) is 18.2 Å². The maximum atomic E-state index is 5.35. The van der Waals surface area contributed by atoms with Gasteiger partial charge >= 0.3 is 0 Å². The lowest BCUT2D eigenvalue weighted by Gasteiger charge is -2.18. The van der Waals surface area contributed by atoms with Crippen molar-refractivity contribution < 1.29 is 9.47 Å². The number of rotatable bonds is 9. The fraction of sp³-hybridized carbons (Fsp3) is 0.625. The second-order valence-corrected chi connectivity index (χ2v) is 4.83. The third kappa shape index (κ3) is 5.11. The van der Waals surface area contributed by atoms with Crippen molar-refractivity contribution in [3.8, 4) is 11.5 Å². The van der Waals surface area contributed by atoms with E-state index in [-0.39, 0.29) is 0 Å². The number of hydrogen-bond donors (Lipinski definition) is 1.